The number of pyridine rings is 1. The van der Waals surface area contributed by atoms with Gasteiger partial charge in [0.1, 0.15) is 11.5 Å². The molecule has 8 heteroatoms. The Kier molecular flexibility index (Phi) is 4.71. The van der Waals surface area contributed by atoms with Crippen LogP contribution in [0.3, 0.4) is 0 Å². The lowest BCUT2D eigenvalue weighted by Crippen LogP contribution is -2.15. The van der Waals surface area contributed by atoms with Crippen molar-refractivity contribution < 1.29 is 12.9 Å². The topological polar surface area (TPSA) is 97.1 Å². The molecule has 130 valence electrons. The number of benzene rings is 1. The number of aryl methyl sites for hydroxylation is 2. The van der Waals surface area contributed by atoms with Gasteiger partial charge in [-0.1, -0.05) is 35.5 Å². The summed E-state index contributed by atoms with van der Waals surface area (Å²) < 4.78 is 32.2. The third-order valence-electron chi connectivity index (χ3n) is 3.58. The van der Waals surface area contributed by atoms with Gasteiger partial charge in [-0.05, 0) is 31.5 Å². The molecule has 0 saturated carbocycles. The van der Waals surface area contributed by atoms with Gasteiger partial charge in [-0.25, -0.2) is 13.4 Å². The highest BCUT2D eigenvalue weighted by atomic mass is 32.2. The van der Waals surface area contributed by atoms with Crippen molar-refractivity contribution in [2.45, 2.75) is 25.3 Å². The van der Waals surface area contributed by atoms with Crippen molar-refractivity contribution >= 4 is 21.5 Å². The molecule has 2 aromatic heterocycles. The summed E-state index contributed by atoms with van der Waals surface area (Å²) in [4.78, 5) is 4.18. The Bertz CT molecular complexity index is 932. The van der Waals surface area contributed by atoms with Crippen LogP contribution in [-0.2, 0) is 16.6 Å². The highest BCUT2D eigenvalue weighted by Gasteiger charge is 2.24. The number of rotatable bonds is 6. The molecule has 0 amide bonds. The predicted octanol–water partition coefficient (Wildman–Crippen LogP) is 3.10. The second-order valence-electron chi connectivity index (χ2n) is 5.53. The van der Waals surface area contributed by atoms with Crippen molar-refractivity contribution in [2.75, 3.05) is 10.0 Å². The van der Waals surface area contributed by atoms with E-state index >= 15 is 0 Å². The van der Waals surface area contributed by atoms with Crippen LogP contribution in [0.15, 0.2) is 58.1 Å². The molecule has 0 unspecified atom stereocenters. The van der Waals surface area contributed by atoms with Crippen LogP contribution in [0.25, 0.3) is 0 Å². The van der Waals surface area contributed by atoms with Gasteiger partial charge < -0.3 is 9.84 Å². The minimum Gasteiger partial charge on any atom is -0.380 e. The molecular weight excluding hydrogens is 340 g/mol. The van der Waals surface area contributed by atoms with E-state index in [4.69, 9.17) is 4.52 Å². The summed E-state index contributed by atoms with van der Waals surface area (Å²) in [7, 11) is -3.79. The Labute approximate surface area is 146 Å². The molecule has 0 saturated heterocycles. The summed E-state index contributed by atoms with van der Waals surface area (Å²) in [6.45, 7) is 3.79. The average Bonchev–Trinajstić information content (AvgIpc) is 2.94. The molecule has 0 aliphatic heterocycles. The molecule has 0 radical (unpaired) electrons. The van der Waals surface area contributed by atoms with Crippen molar-refractivity contribution in [3.05, 3.63) is 65.7 Å². The Balaban J connectivity index is 1.68. The van der Waals surface area contributed by atoms with E-state index in [1.165, 1.54) is 0 Å². The number of nitrogens with one attached hydrogen (secondary N) is 2. The van der Waals surface area contributed by atoms with Crippen LogP contribution in [-0.4, -0.2) is 18.6 Å². The number of nitrogens with zero attached hydrogens (tertiary/aromatic N) is 2. The van der Waals surface area contributed by atoms with Gasteiger partial charge in [0.2, 0.25) is 0 Å². The zero-order valence-corrected chi connectivity index (χ0v) is 14.7. The smallest absolute Gasteiger partial charge is 0.268 e. The lowest BCUT2D eigenvalue weighted by molar-refractivity contribution is 0.390. The number of aromatic nitrogens is 2. The first kappa shape index (κ1) is 17.0. The Hall–Kier alpha value is -2.87. The first-order valence-corrected chi connectivity index (χ1v) is 9.13. The largest absolute Gasteiger partial charge is 0.380 e. The van der Waals surface area contributed by atoms with Crippen LogP contribution in [0.5, 0.6) is 0 Å². The molecule has 3 rings (SSSR count). The van der Waals surface area contributed by atoms with E-state index in [-0.39, 0.29) is 16.5 Å². The summed E-state index contributed by atoms with van der Waals surface area (Å²) in [6.07, 6.45) is 1.58. The molecule has 7 nitrogen and oxygen atoms in total. The van der Waals surface area contributed by atoms with Crippen molar-refractivity contribution in [3.63, 3.8) is 0 Å². The van der Waals surface area contributed by atoms with Gasteiger partial charge in [0.05, 0.1) is 11.9 Å². The SMILES string of the molecule is Cc1noc(C)c1S(=O)(=O)Nc1ccc(NCc2ccccc2)cn1. The lowest BCUT2D eigenvalue weighted by Gasteiger charge is -2.09. The van der Waals surface area contributed by atoms with Crippen molar-refractivity contribution in [1.82, 2.24) is 10.1 Å². The minimum atomic E-state index is -3.79. The molecular formula is C17H18N4O3S. The summed E-state index contributed by atoms with van der Waals surface area (Å²) >= 11 is 0. The maximum absolute atomic E-state index is 12.4. The molecule has 2 N–H and O–H groups in total. The van der Waals surface area contributed by atoms with Crippen LogP contribution in [0.1, 0.15) is 17.0 Å². The van der Waals surface area contributed by atoms with E-state index in [1.807, 2.05) is 30.3 Å². The predicted molar refractivity (Wildman–Crippen MR) is 94.8 cm³/mol. The average molecular weight is 358 g/mol. The van der Waals surface area contributed by atoms with Crippen molar-refractivity contribution in [2.24, 2.45) is 0 Å². The molecule has 0 bridgehead atoms. The van der Waals surface area contributed by atoms with E-state index < -0.39 is 10.0 Å². The zero-order valence-electron chi connectivity index (χ0n) is 13.9. The van der Waals surface area contributed by atoms with E-state index in [1.54, 1.807) is 32.2 Å². The fourth-order valence-electron chi connectivity index (χ4n) is 2.41. The molecule has 1 aromatic carbocycles. The molecule has 2 heterocycles. The quantitative estimate of drug-likeness (QED) is 0.703. The molecule has 0 fully saturated rings. The Morgan fingerprint density at radius 3 is 2.44 bits per heavy atom. The number of hydrogen-bond acceptors (Lipinski definition) is 6. The van der Waals surface area contributed by atoms with Crippen LogP contribution < -0.4 is 10.0 Å². The fraction of sp³-hybridized carbons (Fsp3) is 0.176. The van der Waals surface area contributed by atoms with Gasteiger partial charge in [-0.2, -0.15) is 0 Å². The molecule has 3 aromatic rings. The summed E-state index contributed by atoms with van der Waals surface area (Å²) in [5.41, 5.74) is 2.25. The first-order chi connectivity index (χ1) is 12.0. The number of sulfonamides is 1. The van der Waals surface area contributed by atoms with Crippen LogP contribution in [0.2, 0.25) is 0 Å². The zero-order chi connectivity index (χ0) is 17.9. The highest BCUT2D eigenvalue weighted by molar-refractivity contribution is 7.92. The maximum atomic E-state index is 12.4. The normalized spacial score (nSPS) is 11.3. The van der Waals surface area contributed by atoms with Gasteiger partial charge in [0.25, 0.3) is 10.0 Å². The standard InChI is InChI=1S/C17H18N4O3S/c1-12-17(13(2)24-20-12)25(22,23)21-16-9-8-15(11-19-16)18-10-14-6-4-3-5-7-14/h3-9,11,18H,10H2,1-2H3,(H,19,21). The molecule has 0 aliphatic carbocycles. The third kappa shape index (κ3) is 3.97. The summed E-state index contributed by atoms with van der Waals surface area (Å²) in [6, 6.07) is 13.3. The highest BCUT2D eigenvalue weighted by Crippen LogP contribution is 2.22. The Morgan fingerprint density at radius 1 is 1.08 bits per heavy atom. The van der Waals surface area contributed by atoms with Crippen LogP contribution >= 0.6 is 0 Å². The van der Waals surface area contributed by atoms with Crippen molar-refractivity contribution in [3.8, 4) is 0 Å². The summed E-state index contributed by atoms with van der Waals surface area (Å²) in [5, 5.41) is 6.90. The van der Waals surface area contributed by atoms with Gasteiger partial charge in [0, 0.05) is 6.54 Å². The van der Waals surface area contributed by atoms with Crippen LogP contribution in [0, 0.1) is 13.8 Å². The van der Waals surface area contributed by atoms with Gasteiger partial charge in [-0.15, -0.1) is 0 Å². The maximum Gasteiger partial charge on any atom is 0.268 e. The minimum absolute atomic E-state index is 0.0422. The number of anilines is 2. The van der Waals surface area contributed by atoms with E-state index in [2.05, 4.69) is 20.2 Å². The van der Waals surface area contributed by atoms with E-state index in [0.717, 1.165) is 11.3 Å². The Morgan fingerprint density at radius 2 is 1.84 bits per heavy atom. The molecule has 0 atom stereocenters. The number of hydrogen-bond donors (Lipinski definition) is 2. The molecule has 0 spiro atoms. The third-order valence-corrected chi connectivity index (χ3v) is 5.18. The van der Waals surface area contributed by atoms with E-state index in [9.17, 15) is 8.42 Å². The molecule has 0 aliphatic rings. The lowest BCUT2D eigenvalue weighted by atomic mass is 10.2. The van der Waals surface area contributed by atoms with E-state index in [0.29, 0.717) is 12.2 Å². The second kappa shape index (κ2) is 6.94. The van der Waals surface area contributed by atoms with Gasteiger partial charge in [0.15, 0.2) is 10.7 Å². The monoisotopic (exact) mass is 358 g/mol. The van der Waals surface area contributed by atoms with Crippen molar-refractivity contribution in [1.29, 1.82) is 0 Å². The van der Waals surface area contributed by atoms with Gasteiger partial charge >= 0.3 is 0 Å². The second-order valence-corrected chi connectivity index (χ2v) is 7.15. The first-order valence-electron chi connectivity index (χ1n) is 7.65. The summed E-state index contributed by atoms with van der Waals surface area (Å²) in [5.74, 6) is 0.469. The molecule has 25 heavy (non-hydrogen) atoms. The fourth-order valence-corrected chi connectivity index (χ4v) is 3.75. The van der Waals surface area contributed by atoms with Gasteiger partial charge in [-0.3, -0.25) is 4.72 Å². The van der Waals surface area contributed by atoms with Crippen LogP contribution in [0.4, 0.5) is 11.5 Å².